The summed E-state index contributed by atoms with van der Waals surface area (Å²) in [7, 11) is 4.83. The van der Waals surface area contributed by atoms with Crippen molar-refractivity contribution in [3.8, 4) is 17.6 Å². The maximum atomic E-state index is 12.4. The van der Waals surface area contributed by atoms with Crippen LogP contribution in [-0.2, 0) is 4.79 Å². The summed E-state index contributed by atoms with van der Waals surface area (Å²) in [5.74, 6) is 7.15. The van der Waals surface area contributed by atoms with Crippen LogP contribution in [0.25, 0.3) is 11.2 Å². The Balaban J connectivity index is 1.74. The fourth-order valence-electron chi connectivity index (χ4n) is 4.23. The third kappa shape index (κ3) is 3.86. The zero-order valence-corrected chi connectivity index (χ0v) is 18.8. The monoisotopic (exact) mass is 450 g/mol. The summed E-state index contributed by atoms with van der Waals surface area (Å²) < 4.78 is 6.84. The van der Waals surface area contributed by atoms with Crippen LogP contribution < -0.4 is 15.4 Å². The number of aliphatic hydroxyl groups excluding tert-OH is 2. The van der Waals surface area contributed by atoms with Gasteiger partial charge in [-0.25, -0.2) is 15.0 Å². The summed E-state index contributed by atoms with van der Waals surface area (Å²) >= 11 is 0. The SMILES string of the molecule is CNC(=O)C1(C)C[C@@H](n2cnc3c(NC)nc(C#Cc4ccc(OC)cc4)nc32)[C@H](O)[C@@H]1O. The van der Waals surface area contributed by atoms with Gasteiger partial charge in [0, 0.05) is 19.7 Å². The molecule has 0 aliphatic heterocycles. The van der Waals surface area contributed by atoms with Gasteiger partial charge in [-0.15, -0.1) is 0 Å². The van der Waals surface area contributed by atoms with Gasteiger partial charge in [-0.1, -0.05) is 5.92 Å². The molecule has 1 unspecified atom stereocenters. The molecule has 4 N–H and O–H groups in total. The summed E-state index contributed by atoms with van der Waals surface area (Å²) in [6, 6.07) is 6.71. The van der Waals surface area contributed by atoms with E-state index in [4.69, 9.17) is 4.74 Å². The predicted molar refractivity (Wildman–Crippen MR) is 122 cm³/mol. The topological polar surface area (TPSA) is 134 Å². The molecule has 4 atom stereocenters. The van der Waals surface area contributed by atoms with Crippen molar-refractivity contribution in [1.82, 2.24) is 24.8 Å². The zero-order valence-electron chi connectivity index (χ0n) is 18.8. The molecule has 3 aromatic rings. The van der Waals surface area contributed by atoms with Crippen LogP contribution in [0.15, 0.2) is 30.6 Å². The number of benzene rings is 1. The van der Waals surface area contributed by atoms with Crippen molar-refractivity contribution < 1.29 is 19.7 Å². The molecule has 1 amide bonds. The van der Waals surface area contributed by atoms with Crippen molar-refractivity contribution in [2.45, 2.75) is 31.6 Å². The zero-order chi connectivity index (χ0) is 23.8. The predicted octanol–water partition coefficient (Wildman–Crippen LogP) is 0.695. The molecule has 10 heteroatoms. The first-order chi connectivity index (χ1) is 15.8. The highest BCUT2D eigenvalue weighted by atomic mass is 16.5. The highest BCUT2D eigenvalue weighted by Crippen LogP contribution is 2.45. The molecule has 1 aliphatic carbocycles. The minimum atomic E-state index is -1.24. The quantitative estimate of drug-likeness (QED) is 0.427. The van der Waals surface area contributed by atoms with Crippen molar-refractivity contribution in [2.75, 3.05) is 26.5 Å². The van der Waals surface area contributed by atoms with Gasteiger partial charge >= 0.3 is 0 Å². The number of carbonyl (C=O) groups excluding carboxylic acids is 1. The second kappa shape index (κ2) is 8.69. The Morgan fingerprint density at radius 3 is 2.58 bits per heavy atom. The lowest BCUT2D eigenvalue weighted by Crippen LogP contribution is -2.45. The van der Waals surface area contributed by atoms with Crippen LogP contribution in [0.4, 0.5) is 5.82 Å². The van der Waals surface area contributed by atoms with Crippen LogP contribution in [0, 0.1) is 17.3 Å². The Labute approximate surface area is 191 Å². The van der Waals surface area contributed by atoms with Crippen molar-refractivity contribution in [3.63, 3.8) is 0 Å². The molecule has 172 valence electrons. The van der Waals surface area contributed by atoms with Crippen molar-refractivity contribution in [1.29, 1.82) is 0 Å². The van der Waals surface area contributed by atoms with E-state index < -0.39 is 23.7 Å². The van der Waals surface area contributed by atoms with Crippen LogP contribution in [0.5, 0.6) is 5.75 Å². The summed E-state index contributed by atoms with van der Waals surface area (Å²) in [5.41, 5.74) is 0.578. The first kappa shape index (κ1) is 22.5. The van der Waals surface area contributed by atoms with Crippen molar-refractivity contribution >= 4 is 22.9 Å². The molecule has 1 aromatic carbocycles. The highest BCUT2D eigenvalue weighted by molar-refractivity contribution is 5.85. The van der Waals surface area contributed by atoms with E-state index in [9.17, 15) is 15.0 Å². The molecule has 0 saturated heterocycles. The van der Waals surface area contributed by atoms with Gasteiger partial charge in [-0.3, -0.25) is 4.79 Å². The molecular formula is C23H26N6O4. The minimum absolute atomic E-state index is 0.215. The molecule has 10 nitrogen and oxygen atoms in total. The van der Waals surface area contributed by atoms with Crippen LogP contribution in [-0.4, -0.2) is 69.1 Å². The van der Waals surface area contributed by atoms with Gasteiger partial charge in [0.05, 0.1) is 31.0 Å². The van der Waals surface area contributed by atoms with E-state index in [-0.39, 0.29) is 18.2 Å². The van der Waals surface area contributed by atoms with Gasteiger partial charge in [0.15, 0.2) is 17.0 Å². The molecule has 0 bridgehead atoms. The van der Waals surface area contributed by atoms with E-state index in [0.29, 0.717) is 17.0 Å². The number of fused-ring (bicyclic) bond motifs is 1. The van der Waals surface area contributed by atoms with E-state index in [1.807, 2.05) is 24.3 Å². The first-order valence-corrected chi connectivity index (χ1v) is 10.5. The van der Waals surface area contributed by atoms with Crippen LogP contribution in [0.1, 0.15) is 30.8 Å². The number of methoxy groups -OCH3 is 1. The van der Waals surface area contributed by atoms with E-state index >= 15 is 0 Å². The number of anilines is 1. The second-order valence-electron chi connectivity index (χ2n) is 8.15. The third-order valence-electron chi connectivity index (χ3n) is 6.17. The maximum absolute atomic E-state index is 12.4. The van der Waals surface area contributed by atoms with Gasteiger partial charge in [-0.05, 0) is 43.5 Å². The van der Waals surface area contributed by atoms with Gasteiger partial charge < -0.3 is 30.2 Å². The lowest BCUT2D eigenvalue weighted by atomic mass is 9.85. The molecule has 4 rings (SSSR count). The number of amides is 1. The Kier molecular flexibility index (Phi) is 5.93. The molecule has 1 saturated carbocycles. The summed E-state index contributed by atoms with van der Waals surface area (Å²) in [6.45, 7) is 1.64. The number of ether oxygens (including phenoxy) is 1. The lowest BCUT2D eigenvalue weighted by molar-refractivity contribution is -0.136. The van der Waals surface area contributed by atoms with Gasteiger partial charge in [0.1, 0.15) is 11.9 Å². The Morgan fingerprint density at radius 1 is 1.21 bits per heavy atom. The number of hydrogen-bond donors (Lipinski definition) is 4. The Bertz CT molecular complexity index is 1250. The molecule has 2 aromatic heterocycles. The van der Waals surface area contributed by atoms with Crippen LogP contribution >= 0.6 is 0 Å². The van der Waals surface area contributed by atoms with Crippen LogP contribution in [0.2, 0.25) is 0 Å². The van der Waals surface area contributed by atoms with E-state index in [1.54, 1.807) is 25.6 Å². The molecule has 0 radical (unpaired) electrons. The number of nitrogens with one attached hydrogen (secondary N) is 2. The fraction of sp³-hybridized carbons (Fsp3) is 0.391. The number of aromatic nitrogens is 4. The van der Waals surface area contributed by atoms with Crippen LogP contribution in [0.3, 0.4) is 0 Å². The molecule has 1 aliphatic rings. The number of hydrogen-bond acceptors (Lipinski definition) is 8. The summed E-state index contributed by atoms with van der Waals surface area (Å²) in [6.07, 6.45) is -0.658. The standard InChI is InChI=1S/C23H26N6O4/c1-23(22(32)25-3)11-15(18(30)19(23)31)29-12-26-17-20(24-2)27-16(28-21(17)29)10-7-13-5-8-14(33-4)9-6-13/h5-6,8-9,12,15,18-19,30-31H,11H2,1-4H3,(H,25,32)(H,24,27,28)/t15-,18+,19+,23?/m1/s1. The molecule has 33 heavy (non-hydrogen) atoms. The maximum Gasteiger partial charge on any atom is 0.228 e. The number of aliphatic hydroxyl groups is 2. The second-order valence-corrected chi connectivity index (χ2v) is 8.15. The van der Waals surface area contributed by atoms with Gasteiger partial charge in [-0.2, -0.15) is 0 Å². The molecule has 1 fully saturated rings. The fourth-order valence-corrected chi connectivity index (χ4v) is 4.23. The lowest BCUT2D eigenvalue weighted by Gasteiger charge is -2.26. The first-order valence-electron chi connectivity index (χ1n) is 10.5. The van der Waals surface area contributed by atoms with Crippen molar-refractivity contribution in [2.24, 2.45) is 5.41 Å². The van der Waals surface area contributed by atoms with E-state index in [1.165, 1.54) is 13.4 Å². The molecule has 0 spiro atoms. The molecular weight excluding hydrogens is 424 g/mol. The Hall–Kier alpha value is -3.68. The minimum Gasteiger partial charge on any atom is -0.497 e. The Morgan fingerprint density at radius 2 is 1.94 bits per heavy atom. The highest BCUT2D eigenvalue weighted by Gasteiger charge is 2.54. The summed E-state index contributed by atoms with van der Waals surface area (Å²) in [4.78, 5) is 25.8. The summed E-state index contributed by atoms with van der Waals surface area (Å²) in [5, 5.41) is 27.0. The number of rotatable bonds is 4. The average Bonchev–Trinajstić information content (AvgIpc) is 3.36. The van der Waals surface area contributed by atoms with Gasteiger partial charge in [0.2, 0.25) is 11.7 Å². The van der Waals surface area contributed by atoms with Crippen molar-refractivity contribution in [3.05, 3.63) is 42.0 Å². The number of carbonyl (C=O) groups is 1. The average molecular weight is 450 g/mol. The van der Waals surface area contributed by atoms with E-state index in [0.717, 1.165) is 11.3 Å². The third-order valence-corrected chi connectivity index (χ3v) is 6.17. The van der Waals surface area contributed by atoms with E-state index in [2.05, 4.69) is 37.4 Å². The van der Waals surface area contributed by atoms with Gasteiger partial charge in [0.25, 0.3) is 0 Å². The smallest absolute Gasteiger partial charge is 0.228 e. The number of nitrogens with zero attached hydrogens (tertiary/aromatic N) is 4. The largest absolute Gasteiger partial charge is 0.497 e. The normalized spacial score (nSPS) is 24.2. The number of imidazole rings is 1. The molecule has 2 heterocycles.